The molecule has 166 valence electrons. The molecule has 33 heavy (non-hydrogen) atoms. The summed E-state index contributed by atoms with van der Waals surface area (Å²) in [4.78, 5) is 16.0. The first-order valence-corrected chi connectivity index (χ1v) is 10.8. The molecule has 0 aromatic carbocycles. The topological polar surface area (TPSA) is 82.1 Å². The van der Waals surface area contributed by atoms with E-state index in [4.69, 9.17) is 24.2 Å². The largest absolute Gasteiger partial charge is 0.450 e. The molecule has 4 aromatic heterocycles. The Balaban J connectivity index is 1.61. The highest BCUT2D eigenvalue weighted by Gasteiger charge is 2.22. The lowest BCUT2D eigenvalue weighted by atomic mass is 10.1. The molecule has 5 rings (SSSR count). The Hall–Kier alpha value is -4.04. The third-order valence-corrected chi connectivity index (χ3v) is 5.41. The van der Waals surface area contributed by atoms with Gasteiger partial charge in [-0.15, -0.1) is 0 Å². The minimum Gasteiger partial charge on any atom is -0.450 e. The number of rotatable bonds is 6. The molecule has 1 saturated heterocycles. The van der Waals surface area contributed by atoms with E-state index in [1.165, 1.54) is 0 Å². The van der Waals surface area contributed by atoms with E-state index < -0.39 is 0 Å². The van der Waals surface area contributed by atoms with Gasteiger partial charge in [0.1, 0.15) is 11.3 Å². The molecular weight excluding hydrogens is 416 g/mol. The summed E-state index contributed by atoms with van der Waals surface area (Å²) in [5, 5.41) is 4.72. The SMILES string of the molecule is C=C/C=C\C(=C/C)c1ccn(-c2nc(N3CCOCC3)c3oc(-c4cccnc4)cc3n2)n1. The fourth-order valence-corrected chi connectivity index (χ4v) is 3.74. The van der Waals surface area contributed by atoms with Crippen LogP contribution in [0.2, 0.25) is 0 Å². The average Bonchev–Trinajstić information content (AvgIpc) is 3.53. The molecule has 1 fully saturated rings. The van der Waals surface area contributed by atoms with Gasteiger partial charge in [0.25, 0.3) is 5.95 Å². The van der Waals surface area contributed by atoms with E-state index in [1.807, 2.05) is 55.6 Å². The highest BCUT2D eigenvalue weighted by molar-refractivity contribution is 5.88. The number of hydrogen-bond donors (Lipinski definition) is 0. The third-order valence-electron chi connectivity index (χ3n) is 5.41. The summed E-state index contributed by atoms with van der Waals surface area (Å²) in [5.74, 6) is 1.92. The zero-order chi connectivity index (χ0) is 22.6. The van der Waals surface area contributed by atoms with Crippen molar-refractivity contribution in [1.82, 2.24) is 24.7 Å². The smallest absolute Gasteiger partial charge is 0.253 e. The van der Waals surface area contributed by atoms with Gasteiger partial charge in [-0.3, -0.25) is 4.98 Å². The summed E-state index contributed by atoms with van der Waals surface area (Å²) in [6.45, 7) is 8.46. The Morgan fingerprint density at radius 1 is 1.18 bits per heavy atom. The summed E-state index contributed by atoms with van der Waals surface area (Å²) in [6, 6.07) is 7.72. The standard InChI is InChI=1S/C25H24N6O2/c1-3-5-7-18(4-2)20-9-11-31(29-20)25-27-21-16-22(19-8-6-10-26-17-19)33-23(21)24(28-25)30-12-14-32-15-13-30/h3-11,16-17H,1,12-15H2,2H3/b7-5-,18-4+. The molecule has 0 atom stereocenters. The van der Waals surface area contributed by atoms with Crippen molar-refractivity contribution in [3.05, 3.63) is 79.4 Å². The van der Waals surface area contributed by atoms with Gasteiger partial charge in [0.05, 0.1) is 18.9 Å². The molecule has 0 radical (unpaired) electrons. The molecule has 8 heteroatoms. The van der Waals surface area contributed by atoms with Gasteiger partial charge >= 0.3 is 0 Å². The second kappa shape index (κ2) is 9.22. The Labute approximate surface area is 191 Å². The van der Waals surface area contributed by atoms with Crippen molar-refractivity contribution >= 4 is 22.5 Å². The van der Waals surface area contributed by atoms with Crippen LogP contribution in [0.4, 0.5) is 5.82 Å². The molecule has 8 nitrogen and oxygen atoms in total. The molecule has 1 aliphatic rings. The molecule has 0 unspecified atom stereocenters. The van der Waals surface area contributed by atoms with Crippen LogP contribution in [0.3, 0.4) is 0 Å². The molecule has 0 N–H and O–H groups in total. The summed E-state index contributed by atoms with van der Waals surface area (Å²) in [5.41, 5.74) is 4.07. The van der Waals surface area contributed by atoms with Gasteiger partial charge in [-0.1, -0.05) is 30.9 Å². The third kappa shape index (κ3) is 4.20. The molecule has 1 aliphatic heterocycles. The first-order valence-electron chi connectivity index (χ1n) is 10.8. The van der Waals surface area contributed by atoms with E-state index in [2.05, 4.69) is 16.5 Å². The van der Waals surface area contributed by atoms with Crippen molar-refractivity contribution in [2.45, 2.75) is 6.92 Å². The first-order chi connectivity index (χ1) is 16.3. The Morgan fingerprint density at radius 2 is 2.06 bits per heavy atom. The van der Waals surface area contributed by atoms with Crippen molar-refractivity contribution in [3.63, 3.8) is 0 Å². The number of nitrogens with zero attached hydrogens (tertiary/aromatic N) is 6. The second-order valence-electron chi connectivity index (χ2n) is 7.50. The zero-order valence-corrected chi connectivity index (χ0v) is 18.4. The predicted molar refractivity (Wildman–Crippen MR) is 128 cm³/mol. The number of aromatic nitrogens is 5. The first kappa shape index (κ1) is 20.8. The Morgan fingerprint density at radius 3 is 2.82 bits per heavy atom. The van der Waals surface area contributed by atoms with Crippen LogP contribution in [0.15, 0.2) is 78.2 Å². The number of pyridine rings is 1. The molecule has 0 amide bonds. The summed E-state index contributed by atoms with van der Waals surface area (Å²) < 4.78 is 13.5. The van der Waals surface area contributed by atoms with Crippen LogP contribution in [-0.4, -0.2) is 51.0 Å². The van der Waals surface area contributed by atoms with Gasteiger partial charge in [0.2, 0.25) is 0 Å². The van der Waals surface area contributed by atoms with E-state index in [1.54, 1.807) is 23.2 Å². The van der Waals surface area contributed by atoms with Crippen LogP contribution in [0.1, 0.15) is 12.6 Å². The Kier molecular flexibility index (Phi) is 5.82. The van der Waals surface area contributed by atoms with Crippen LogP contribution in [0, 0.1) is 0 Å². The normalized spacial score (nSPS) is 14.9. The van der Waals surface area contributed by atoms with Gasteiger partial charge < -0.3 is 14.1 Å². The van der Waals surface area contributed by atoms with E-state index in [9.17, 15) is 0 Å². The molecule has 0 spiro atoms. The summed E-state index contributed by atoms with van der Waals surface area (Å²) in [7, 11) is 0. The summed E-state index contributed by atoms with van der Waals surface area (Å²) >= 11 is 0. The molecular formula is C25H24N6O2. The number of hydrogen-bond acceptors (Lipinski definition) is 7. The quantitative estimate of drug-likeness (QED) is 0.410. The number of ether oxygens (including phenoxy) is 1. The number of furan rings is 1. The van der Waals surface area contributed by atoms with Crippen LogP contribution < -0.4 is 4.90 Å². The van der Waals surface area contributed by atoms with Crippen LogP contribution in [0.5, 0.6) is 0 Å². The zero-order valence-electron chi connectivity index (χ0n) is 18.4. The van der Waals surface area contributed by atoms with Crippen LogP contribution >= 0.6 is 0 Å². The van der Waals surface area contributed by atoms with Gasteiger partial charge in [0.15, 0.2) is 11.4 Å². The average molecular weight is 441 g/mol. The maximum Gasteiger partial charge on any atom is 0.253 e. The summed E-state index contributed by atoms with van der Waals surface area (Å²) in [6.07, 6.45) is 13.0. The molecule has 0 bridgehead atoms. The lowest BCUT2D eigenvalue weighted by Gasteiger charge is -2.27. The number of fused-ring (bicyclic) bond motifs is 1. The molecule has 0 saturated carbocycles. The number of allylic oxidation sites excluding steroid dienone is 5. The van der Waals surface area contributed by atoms with Gasteiger partial charge in [-0.25, -0.2) is 9.67 Å². The van der Waals surface area contributed by atoms with Crippen molar-refractivity contribution in [3.8, 4) is 17.3 Å². The maximum absolute atomic E-state index is 6.23. The number of anilines is 1. The monoisotopic (exact) mass is 440 g/mol. The van der Waals surface area contributed by atoms with Crippen LogP contribution in [-0.2, 0) is 4.74 Å². The predicted octanol–water partition coefficient (Wildman–Crippen LogP) is 4.45. The fraction of sp³-hybridized carbons (Fsp3) is 0.200. The van der Waals surface area contributed by atoms with E-state index in [0.717, 1.165) is 41.3 Å². The minimum absolute atomic E-state index is 0.483. The number of morpholine rings is 1. The van der Waals surface area contributed by atoms with E-state index in [0.29, 0.717) is 30.5 Å². The molecule has 5 heterocycles. The van der Waals surface area contributed by atoms with Gasteiger partial charge in [0, 0.05) is 43.3 Å². The van der Waals surface area contributed by atoms with Crippen molar-refractivity contribution in [2.24, 2.45) is 0 Å². The maximum atomic E-state index is 6.23. The van der Waals surface area contributed by atoms with Gasteiger partial charge in [-0.2, -0.15) is 10.1 Å². The molecule has 0 aliphatic carbocycles. The Bertz CT molecular complexity index is 1330. The fourth-order valence-electron chi connectivity index (χ4n) is 3.74. The van der Waals surface area contributed by atoms with E-state index in [-0.39, 0.29) is 0 Å². The minimum atomic E-state index is 0.483. The van der Waals surface area contributed by atoms with Crippen molar-refractivity contribution in [1.29, 1.82) is 0 Å². The highest BCUT2D eigenvalue weighted by Crippen LogP contribution is 2.33. The second-order valence-corrected chi connectivity index (χ2v) is 7.50. The van der Waals surface area contributed by atoms with Crippen molar-refractivity contribution < 1.29 is 9.15 Å². The lowest BCUT2D eigenvalue weighted by molar-refractivity contribution is 0.122. The molecule has 4 aromatic rings. The van der Waals surface area contributed by atoms with Gasteiger partial charge in [-0.05, 0) is 30.7 Å². The lowest BCUT2D eigenvalue weighted by Crippen LogP contribution is -2.37. The highest BCUT2D eigenvalue weighted by atomic mass is 16.5. The van der Waals surface area contributed by atoms with Crippen LogP contribution in [0.25, 0.3) is 33.9 Å². The van der Waals surface area contributed by atoms with Crippen molar-refractivity contribution in [2.75, 3.05) is 31.2 Å². The van der Waals surface area contributed by atoms with E-state index >= 15 is 0 Å².